The van der Waals surface area contributed by atoms with E-state index in [1.807, 2.05) is 20.8 Å². The molecule has 0 heterocycles. The minimum Gasteiger partial charge on any atom is -0.444 e. The molecule has 1 fully saturated rings. The van der Waals surface area contributed by atoms with E-state index in [1.54, 1.807) is 0 Å². The fourth-order valence-corrected chi connectivity index (χ4v) is 3.43. The topological polar surface area (TPSA) is 72.5 Å². The van der Waals surface area contributed by atoms with Gasteiger partial charge in [0.15, 0.2) is 0 Å². The molecule has 0 aromatic carbocycles. The number of sulfone groups is 1. The molecule has 0 saturated heterocycles. The van der Waals surface area contributed by atoms with Gasteiger partial charge in [0.05, 0.1) is 5.25 Å². The predicted molar refractivity (Wildman–Crippen MR) is 81.6 cm³/mol. The van der Waals surface area contributed by atoms with Crippen molar-refractivity contribution in [3.05, 3.63) is 0 Å². The van der Waals surface area contributed by atoms with Gasteiger partial charge in [-0.15, -0.1) is 0 Å². The maximum atomic E-state index is 11.5. The van der Waals surface area contributed by atoms with Gasteiger partial charge in [-0.25, -0.2) is 13.2 Å². The van der Waals surface area contributed by atoms with E-state index in [4.69, 9.17) is 4.74 Å². The summed E-state index contributed by atoms with van der Waals surface area (Å²) in [5.74, 6) is 0.352. The van der Waals surface area contributed by atoms with Gasteiger partial charge in [0.25, 0.3) is 0 Å². The SMILES string of the molecule is C.CC(C)(C)OC(=O)NCC1CCC(S(C)(=O)=O)CC1. The minimum atomic E-state index is -2.92. The third kappa shape index (κ3) is 7.12. The zero-order valence-electron chi connectivity index (χ0n) is 12.2. The van der Waals surface area contributed by atoms with Crippen molar-refractivity contribution in [2.24, 2.45) is 5.92 Å². The van der Waals surface area contributed by atoms with Gasteiger partial charge in [0.2, 0.25) is 0 Å². The molecule has 0 aliphatic heterocycles. The van der Waals surface area contributed by atoms with Crippen LogP contribution in [0.3, 0.4) is 0 Å². The molecule has 1 amide bonds. The molecule has 1 saturated carbocycles. The van der Waals surface area contributed by atoms with E-state index in [2.05, 4.69) is 5.32 Å². The van der Waals surface area contributed by atoms with Gasteiger partial charge in [-0.3, -0.25) is 0 Å². The van der Waals surface area contributed by atoms with E-state index in [1.165, 1.54) is 6.26 Å². The number of carbonyl (C=O) groups is 1. The van der Waals surface area contributed by atoms with E-state index in [-0.39, 0.29) is 12.7 Å². The first-order chi connectivity index (χ1) is 8.58. The summed E-state index contributed by atoms with van der Waals surface area (Å²) in [4.78, 5) is 11.5. The molecule has 0 bridgehead atoms. The molecule has 6 heteroatoms. The average Bonchev–Trinajstić information content (AvgIpc) is 2.23. The van der Waals surface area contributed by atoms with Crippen molar-refractivity contribution < 1.29 is 17.9 Å². The Morgan fingerprint density at radius 1 is 1.20 bits per heavy atom. The fraction of sp³-hybridized carbons (Fsp3) is 0.929. The third-order valence-electron chi connectivity index (χ3n) is 3.33. The molecule has 0 atom stereocenters. The van der Waals surface area contributed by atoms with Crippen molar-refractivity contribution in [2.75, 3.05) is 12.8 Å². The van der Waals surface area contributed by atoms with E-state index in [9.17, 15) is 13.2 Å². The minimum absolute atomic E-state index is 0. The monoisotopic (exact) mass is 307 g/mol. The first-order valence-electron chi connectivity index (χ1n) is 6.73. The summed E-state index contributed by atoms with van der Waals surface area (Å²) in [5, 5.41) is 2.55. The van der Waals surface area contributed by atoms with Gasteiger partial charge in [-0.05, 0) is 52.4 Å². The molecule has 1 aliphatic carbocycles. The van der Waals surface area contributed by atoms with E-state index < -0.39 is 21.5 Å². The number of rotatable bonds is 3. The molecule has 1 N–H and O–H groups in total. The Balaban J connectivity index is 0.00000361. The highest BCUT2D eigenvalue weighted by Gasteiger charge is 2.28. The molecule has 120 valence electrons. The van der Waals surface area contributed by atoms with Gasteiger partial charge in [-0.2, -0.15) is 0 Å². The summed E-state index contributed by atoms with van der Waals surface area (Å²) in [6, 6.07) is 0. The van der Waals surface area contributed by atoms with Gasteiger partial charge >= 0.3 is 6.09 Å². The second-order valence-electron chi connectivity index (χ2n) is 6.36. The lowest BCUT2D eigenvalue weighted by Crippen LogP contribution is -2.37. The zero-order chi connectivity index (χ0) is 14.7. The lowest BCUT2D eigenvalue weighted by Gasteiger charge is -2.28. The van der Waals surface area contributed by atoms with Crippen LogP contribution in [0.25, 0.3) is 0 Å². The Labute approximate surface area is 123 Å². The summed E-state index contributed by atoms with van der Waals surface area (Å²) in [6.07, 6.45) is 3.97. The van der Waals surface area contributed by atoms with Crippen LogP contribution in [0.5, 0.6) is 0 Å². The largest absolute Gasteiger partial charge is 0.444 e. The number of amides is 1. The average molecular weight is 307 g/mol. The van der Waals surface area contributed by atoms with Crippen LogP contribution in [0.4, 0.5) is 4.79 Å². The van der Waals surface area contributed by atoms with Crippen LogP contribution in [0.2, 0.25) is 0 Å². The molecule has 0 aromatic heterocycles. The van der Waals surface area contributed by atoms with Crippen LogP contribution < -0.4 is 5.32 Å². The Morgan fingerprint density at radius 2 is 1.70 bits per heavy atom. The number of nitrogens with one attached hydrogen (secondary N) is 1. The van der Waals surface area contributed by atoms with E-state index >= 15 is 0 Å². The van der Waals surface area contributed by atoms with Crippen molar-refractivity contribution in [2.45, 2.75) is 64.7 Å². The summed E-state index contributed by atoms with van der Waals surface area (Å²) in [5.41, 5.74) is -0.488. The lowest BCUT2D eigenvalue weighted by atomic mass is 9.89. The quantitative estimate of drug-likeness (QED) is 0.870. The molecule has 0 spiro atoms. The first kappa shape index (κ1) is 19.2. The molecule has 20 heavy (non-hydrogen) atoms. The van der Waals surface area contributed by atoms with Crippen molar-refractivity contribution in [1.29, 1.82) is 0 Å². The van der Waals surface area contributed by atoms with E-state index in [0.29, 0.717) is 25.3 Å². The zero-order valence-corrected chi connectivity index (χ0v) is 13.0. The van der Waals surface area contributed by atoms with E-state index in [0.717, 1.165) is 12.8 Å². The van der Waals surface area contributed by atoms with Gasteiger partial charge in [-0.1, -0.05) is 7.43 Å². The Kier molecular flexibility index (Phi) is 7.01. The number of hydrogen-bond acceptors (Lipinski definition) is 4. The summed E-state index contributed by atoms with van der Waals surface area (Å²) < 4.78 is 28.0. The lowest BCUT2D eigenvalue weighted by molar-refractivity contribution is 0.0515. The molecule has 0 unspecified atom stereocenters. The highest BCUT2D eigenvalue weighted by molar-refractivity contribution is 7.91. The summed E-state index contributed by atoms with van der Waals surface area (Å²) in [7, 11) is -2.92. The summed E-state index contributed by atoms with van der Waals surface area (Å²) in [6.45, 7) is 6.03. The number of carbonyl (C=O) groups excluding carboxylic acids is 1. The summed E-state index contributed by atoms with van der Waals surface area (Å²) >= 11 is 0. The third-order valence-corrected chi connectivity index (χ3v) is 5.02. The maximum Gasteiger partial charge on any atom is 0.407 e. The second-order valence-corrected chi connectivity index (χ2v) is 8.68. The van der Waals surface area contributed by atoms with Gasteiger partial charge in [0, 0.05) is 12.8 Å². The molecule has 1 aliphatic rings. The van der Waals surface area contributed by atoms with Crippen molar-refractivity contribution in [3.63, 3.8) is 0 Å². The smallest absolute Gasteiger partial charge is 0.407 e. The molecule has 1 rings (SSSR count). The van der Waals surface area contributed by atoms with Crippen LogP contribution in [0, 0.1) is 5.92 Å². The molecule has 0 radical (unpaired) electrons. The predicted octanol–water partition coefficient (Wildman–Crippen LogP) is 2.75. The van der Waals surface area contributed by atoms with Crippen LogP contribution in [0.15, 0.2) is 0 Å². The van der Waals surface area contributed by atoms with Gasteiger partial charge in [0.1, 0.15) is 15.4 Å². The number of ether oxygens (including phenoxy) is 1. The second kappa shape index (κ2) is 7.29. The maximum absolute atomic E-state index is 11.5. The molecule has 5 nitrogen and oxygen atoms in total. The molecular weight excluding hydrogens is 278 g/mol. The highest BCUT2D eigenvalue weighted by atomic mass is 32.2. The van der Waals surface area contributed by atoms with Crippen molar-refractivity contribution in [1.82, 2.24) is 5.32 Å². The molecule has 0 aromatic rings. The number of alkyl carbamates (subject to hydrolysis) is 1. The van der Waals surface area contributed by atoms with Crippen LogP contribution in [-0.2, 0) is 14.6 Å². The Bertz CT molecular complexity index is 403. The highest BCUT2D eigenvalue weighted by Crippen LogP contribution is 2.27. The van der Waals surface area contributed by atoms with Crippen LogP contribution >= 0.6 is 0 Å². The van der Waals surface area contributed by atoms with Crippen LogP contribution in [-0.4, -0.2) is 38.2 Å². The Morgan fingerprint density at radius 3 is 2.10 bits per heavy atom. The van der Waals surface area contributed by atoms with Crippen LogP contribution in [0.1, 0.15) is 53.9 Å². The standard InChI is InChI=1S/C13H25NO4S.CH4/c1-13(2,3)18-12(15)14-9-10-5-7-11(8-6-10)19(4,16)17;/h10-11H,5-9H2,1-4H3,(H,14,15);1H4. The molecular formula is C14H29NO4S. The Hall–Kier alpha value is -0.780. The number of hydrogen-bond donors (Lipinski definition) is 1. The van der Waals surface area contributed by atoms with Crippen molar-refractivity contribution in [3.8, 4) is 0 Å². The van der Waals surface area contributed by atoms with Gasteiger partial charge < -0.3 is 10.1 Å². The van der Waals surface area contributed by atoms with Crippen molar-refractivity contribution >= 4 is 15.9 Å². The fourth-order valence-electron chi connectivity index (χ4n) is 2.31. The first-order valence-corrected chi connectivity index (χ1v) is 8.69. The normalized spacial score (nSPS) is 23.6.